The van der Waals surface area contributed by atoms with E-state index in [1.165, 1.54) is 50.7 Å². The smallest absolute Gasteiger partial charge is 0.326 e. The lowest BCUT2D eigenvalue weighted by Gasteiger charge is -2.22. The molecule has 0 aliphatic rings. The second-order valence-electron chi connectivity index (χ2n) is 12.3. The number of benzene rings is 4. The number of nitrogens with zero attached hydrogens (tertiary/aromatic N) is 1. The van der Waals surface area contributed by atoms with Crippen LogP contribution in [0.3, 0.4) is 0 Å². The first-order valence-electron chi connectivity index (χ1n) is 17.2. The molecular formula is C40H38F3N5O8S. The standard InChI is InChI=1S/C40H38F3N5O8S/c1-5-56-21-22-14-33(54-3)36(34(15-22)55-4)28-11-8-25(38(45-2)29(28)20-44)16-32(40(50)51)47-39(49)37-30(41)18-26(19-31(37)42)48-57(52,53)27-9-6-23(7-10-27)24-12-13-46-35(43)17-24/h6-15,17-20,32,44-45,48H,5,16,21H2,1-4H3,(H,47,49)(H,50,51)/t32-/m1/s1. The van der Waals surface area contributed by atoms with Gasteiger partial charge in [0, 0.05) is 49.8 Å². The van der Waals surface area contributed by atoms with Crippen LogP contribution in [-0.2, 0) is 32.6 Å². The van der Waals surface area contributed by atoms with E-state index in [1.54, 1.807) is 31.3 Å². The SMILES string of the molecule is CCOCc1cc(OC)c(-c2ccc(C[C@@H](NC(=O)c3c(F)cc(NS(=O)(=O)c4ccc(-c5ccnc(F)c5)cc4)cc3F)C(=O)O)c(NC)c2C=N)c(OC)c1. The Morgan fingerprint density at radius 2 is 1.58 bits per heavy atom. The van der Waals surface area contributed by atoms with E-state index in [1.807, 2.05) is 6.92 Å². The highest BCUT2D eigenvalue weighted by Gasteiger charge is 2.28. The van der Waals surface area contributed by atoms with Crippen LogP contribution in [-0.4, -0.2) is 70.5 Å². The minimum absolute atomic E-state index is 0.276. The normalized spacial score (nSPS) is 11.7. The van der Waals surface area contributed by atoms with Crippen molar-refractivity contribution >= 4 is 39.5 Å². The number of carboxylic acid groups (broad SMARTS) is 1. The Labute approximate surface area is 326 Å². The number of methoxy groups -OCH3 is 2. The van der Waals surface area contributed by atoms with Crippen molar-refractivity contribution in [3.05, 3.63) is 119 Å². The van der Waals surface area contributed by atoms with Crippen LogP contribution in [0.25, 0.3) is 22.3 Å². The van der Waals surface area contributed by atoms with E-state index in [-0.39, 0.29) is 11.3 Å². The second kappa shape index (κ2) is 18.0. The maximum Gasteiger partial charge on any atom is 0.326 e. The summed E-state index contributed by atoms with van der Waals surface area (Å²) in [5.41, 5.74) is 2.03. The fourth-order valence-corrected chi connectivity index (χ4v) is 7.20. The van der Waals surface area contributed by atoms with Crippen molar-refractivity contribution in [2.24, 2.45) is 0 Å². The zero-order valence-corrected chi connectivity index (χ0v) is 31.9. The third kappa shape index (κ3) is 9.33. The van der Waals surface area contributed by atoms with Gasteiger partial charge >= 0.3 is 5.97 Å². The highest BCUT2D eigenvalue weighted by atomic mass is 32.2. The van der Waals surface area contributed by atoms with Crippen molar-refractivity contribution in [1.29, 1.82) is 5.41 Å². The number of nitrogens with one attached hydrogen (secondary N) is 4. The third-order valence-corrected chi connectivity index (χ3v) is 10.2. The highest BCUT2D eigenvalue weighted by Crippen LogP contribution is 2.43. The molecule has 5 N–H and O–H groups in total. The van der Waals surface area contributed by atoms with E-state index in [2.05, 4.69) is 20.3 Å². The molecule has 5 rings (SSSR count). The van der Waals surface area contributed by atoms with Gasteiger partial charge in [-0.15, -0.1) is 0 Å². The van der Waals surface area contributed by atoms with Crippen molar-refractivity contribution in [3.8, 4) is 33.8 Å². The van der Waals surface area contributed by atoms with Crippen molar-refractivity contribution < 1.29 is 50.5 Å². The van der Waals surface area contributed by atoms with Gasteiger partial charge in [-0.2, -0.15) is 4.39 Å². The number of pyridine rings is 1. The molecule has 0 aliphatic carbocycles. The first-order valence-corrected chi connectivity index (χ1v) is 18.7. The van der Waals surface area contributed by atoms with Crippen molar-refractivity contribution in [1.82, 2.24) is 10.3 Å². The number of carboxylic acids is 1. The molecule has 0 spiro atoms. The van der Waals surface area contributed by atoms with Gasteiger partial charge in [0.25, 0.3) is 15.9 Å². The van der Waals surface area contributed by atoms with Crippen molar-refractivity contribution in [2.75, 3.05) is 37.9 Å². The van der Waals surface area contributed by atoms with Crippen molar-refractivity contribution in [3.63, 3.8) is 0 Å². The average molecular weight is 806 g/mol. The molecule has 13 nitrogen and oxygen atoms in total. The van der Waals surface area contributed by atoms with Gasteiger partial charge in [-0.3, -0.25) is 9.52 Å². The number of rotatable bonds is 17. The van der Waals surface area contributed by atoms with Crippen LogP contribution >= 0.6 is 0 Å². The number of amides is 1. The number of ether oxygens (including phenoxy) is 3. The zero-order valence-electron chi connectivity index (χ0n) is 31.1. The van der Waals surface area contributed by atoms with Gasteiger partial charge in [0.2, 0.25) is 5.95 Å². The van der Waals surface area contributed by atoms with Crippen LogP contribution < -0.4 is 24.8 Å². The molecule has 0 fully saturated rings. The van der Waals surface area contributed by atoms with Gasteiger partial charge in [0.05, 0.1) is 37.0 Å². The Morgan fingerprint density at radius 1 is 0.930 bits per heavy atom. The van der Waals surface area contributed by atoms with E-state index < -0.39 is 56.8 Å². The Hall–Kier alpha value is -6.46. The molecule has 0 saturated carbocycles. The second-order valence-corrected chi connectivity index (χ2v) is 14.0. The van der Waals surface area contributed by atoms with Crippen LogP contribution in [0.4, 0.5) is 24.5 Å². The van der Waals surface area contributed by atoms with Gasteiger partial charge in [-0.25, -0.2) is 27.0 Å². The van der Waals surface area contributed by atoms with E-state index in [4.69, 9.17) is 19.6 Å². The van der Waals surface area contributed by atoms with Gasteiger partial charge < -0.3 is 35.4 Å². The number of hydrogen-bond donors (Lipinski definition) is 5. The number of halogens is 3. The van der Waals surface area contributed by atoms with E-state index in [0.717, 1.165) is 17.8 Å². The van der Waals surface area contributed by atoms with Crippen LogP contribution in [0, 0.1) is 23.0 Å². The lowest BCUT2D eigenvalue weighted by molar-refractivity contribution is -0.139. The predicted octanol–water partition coefficient (Wildman–Crippen LogP) is 6.65. The van der Waals surface area contributed by atoms with Gasteiger partial charge in [-0.05, 0) is 77.2 Å². The number of carbonyl (C=O) groups excluding carboxylic acids is 1. The van der Waals surface area contributed by atoms with E-state index in [0.29, 0.717) is 75.9 Å². The average Bonchev–Trinajstić information content (AvgIpc) is 3.18. The van der Waals surface area contributed by atoms with Gasteiger partial charge in [0.1, 0.15) is 34.7 Å². The van der Waals surface area contributed by atoms with E-state index >= 15 is 8.78 Å². The Kier molecular flexibility index (Phi) is 13.2. The predicted molar refractivity (Wildman–Crippen MR) is 207 cm³/mol. The molecule has 4 aromatic carbocycles. The van der Waals surface area contributed by atoms with Crippen LogP contribution in [0.2, 0.25) is 0 Å². The Bertz CT molecular complexity index is 2380. The molecule has 1 heterocycles. The molecule has 0 radical (unpaired) electrons. The monoisotopic (exact) mass is 805 g/mol. The summed E-state index contributed by atoms with van der Waals surface area (Å²) in [5, 5.41) is 23.5. The fraction of sp³-hybridized carbons (Fsp3) is 0.200. The molecule has 0 bridgehead atoms. The Balaban J connectivity index is 1.38. The largest absolute Gasteiger partial charge is 0.496 e. The topological polar surface area (TPSA) is 189 Å². The molecule has 1 amide bonds. The molecule has 0 saturated heterocycles. The molecule has 1 atom stereocenters. The maximum absolute atomic E-state index is 15.3. The summed E-state index contributed by atoms with van der Waals surface area (Å²) in [6.45, 7) is 2.66. The lowest BCUT2D eigenvalue weighted by atomic mass is 9.91. The summed E-state index contributed by atoms with van der Waals surface area (Å²) in [6.07, 6.45) is 1.93. The van der Waals surface area contributed by atoms with E-state index in [9.17, 15) is 27.5 Å². The maximum atomic E-state index is 15.3. The quantitative estimate of drug-likeness (QED) is 0.0503. The molecule has 0 unspecified atom stereocenters. The number of anilines is 2. The Morgan fingerprint density at radius 3 is 2.12 bits per heavy atom. The fourth-order valence-electron chi connectivity index (χ4n) is 6.15. The van der Waals surface area contributed by atoms with Crippen molar-refractivity contribution in [2.45, 2.75) is 30.9 Å². The lowest BCUT2D eigenvalue weighted by Crippen LogP contribution is -2.43. The molecule has 0 aliphatic heterocycles. The number of carbonyl (C=O) groups is 2. The number of aromatic nitrogens is 1. The summed E-state index contributed by atoms with van der Waals surface area (Å²) in [7, 11) is 0.132. The van der Waals surface area contributed by atoms with Crippen LogP contribution in [0.1, 0.15) is 34.0 Å². The minimum atomic E-state index is -4.39. The zero-order chi connectivity index (χ0) is 41.4. The van der Waals surface area contributed by atoms with Gasteiger partial charge in [-0.1, -0.05) is 24.3 Å². The van der Waals surface area contributed by atoms with Gasteiger partial charge in [0.15, 0.2) is 0 Å². The van der Waals surface area contributed by atoms with Crippen LogP contribution in [0.15, 0.2) is 83.9 Å². The summed E-state index contributed by atoms with van der Waals surface area (Å²) in [4.78, 5) is 28.8. The van der Waals surface area contributed by atoms with Crippen LogP contribution in [0.5, 0.6) is 11.5 Å². The summed E-state index contributed by atoms with van der Waals surface area (Å²) in [6, 6.07) is 14.2. The molecule has 1 aromatic heterocycles. The number of hydrogen-bond acceptors (Lipinski definition) is 10. The summed E-state index contributed by atoms with van der Waals surface area (Å²) < 4.78 is 89.2. The summed E-state index contributed by atoms with van der Waals surface area (Å²) in [5.74, 6) is -5.74. The number of sulfonamides is 1. The molecule has 298 valence electrons. The first kappa shape index (κ1) is 41.7. The highest BCUT2D eigenvalue weighted by molar-refractivity contribution is 7.92. The third-order valence-electron chi connectivity index (χ3n) is 8.81. The number of aliphatic carboxylic acids is 1. The minimum Gasteiger partial charge on any atom is -0.496 e. The molecule has 57 heavy (non-hydrogen) atoms. The molecule has 17 heteroatoms. The summed E-state index contributed by atoms with van der Waals surface area (Å²) >= 11 is 0. The molecular weight excluding hydrogens is 768 g/mol. The first-order chi connectivity index (χ1) is 27.2. The molecule has 5 aromatic rings.